The van der Waals surface area contributed by atoms with E-state index in [-0.39, 0.29) is 5.97 Å². The molecule has 1 heterocycles. The van der Waals surface area contributed by atoms with Crippen molar-refractivity contribution in [2.45, 2.75) is 6.92 Å². The van der Waals surface area contributed by atoms with Gasteiger partial charge in [0.25, 0.3) is 0 Å². The summed E-state index contributed by atoms with van der Waals surface area (Å²) >= 11 is 0. The minimum atomic E-state index is -0.372. The summed E-state index contributed by atoms with van der Waals surface area (Å²) in [5.74, 6) is -0.372. The van der Waals surface area contributed by atoms with E-state index in [0.717, 1.165) is 21.7 Å². The van der Waals surface area contributed by atoms with E-state index in [2.05, 4.69) is 5.10 Å². The SMILES string of the molecule is CCOC(=O)c1nn(C)c2c1ccc1ccccc12. The summed E-state index contributed by atoms with van der Waals surface area (Å²) in [5.41, 5.74) is 1.34. The van der Waals surface area contributed by atoms with E-state index < -0.39 is 0 Å². The zero-order valence-corrected chi connectivity index (χ0v) is 10.9. The van der Waals surface area contributed by atoms with Crippen molar-refractivity contribution in [1.82, 2.24) is 9.78 Å². The highest BCUT2D eigenvalue weighted by Crippen LogP contribution is 2.27. The van der Waals surface area contributed by atoms with Crippen LogP contribution in [0, 0.1) is 0 Å². The lowest BCUT2D eigenvalue weighted by atomic mass is 10.1. The normalized spacial score (nSPS) is 11.1. The van der Waals surface area contributed by atoms with Crippen LogP contribution in [0.25, 0.3) is 21.7 Å². The molecule has 0 spiro atoms. The Balaban J connectivity index is 2.34. The molecule has 1 aromatic heterocycles. The summed E-state index contributed by atoms with van der Waals surface area (Å²) in [7, 11) is 1.84. The molecule has 0 aliphatic carbocycles. The first-order valence-electron chi connectivity index (χ1n) is 6.24. The lowest BCUT2D eigenvalue weighted by molar-refractivity contribution is 0.0521. The van der Waals surface area contributed by atoms with Gasteiger partial charge in [0.05, 0.1) is 12.1 Å². The molecule has 0 saturated heterocycles. The summed E-state index contributed by atoms with van der Waals surface area (Å²) in [6, 6.07) is 12.0. The highest BCUT2D eigenvalue weighted by atomic mass is 16.5. The van der Waals surface area contributed by atoms with Crippen LogP contribution in [0.5, 0.6) is 0 Å². The Morgan fingerprint density at radius 1 is 1.21 bits per heavy atom. The molecule has 3 rings (SSSR count). The third kappa shape index (κ3) is 1.76. The van der Waals surface area contributed by atoms with Crippen molar-refractivity contribution >= 4 is 27.6 Å². The van der Waals surface area contributed by atoms with Gasteiger partial charge in [-0.2, -0.15) is 5.10 Å². The number of nitrogens with zero attached hydrogens (tertiary/aromatic N) is 2. The van der Waals surface area contributed by atoms with Crippen LogP contribution in [0.2, 0.25) is 0 Å². The number of rotatable bonds is 2. The van der Waals surface area contributed by atoms with Gasteiger partial charge in [0.2, 0.25) is 0 Å². The Labute approximate surface area is 110 Å². The average Bonchev–Trinajstić information content (AvgIpc) is 2.77. The third-order valence-corrected chi connectivity index (χ3v) is 3.20. The summed E-state index contributed by atoms with van der Waals surface area (Å²) in [4.78, 5) is 11.9. The van der Waals surface area contributed by atoms with Crippen molar-refractivity contribution in [1.29, 1.82) is 0 Å². The number of carbonyl (C=O) groups is 1. The molecule has 0 amide bonds. The maximum absolute atomic E-state index is 11.9. The van der Waals surface area contributed by atoms with Gasteiger partial charge in [0, 0.05) is 17.8 Å². The maximum Gasteiger partial charge on any atom is 0.359 e. The van der Waals surface area contributed by atoms with E-state index in [0.29, 0.717) is 12.3 Å². The number of carbonyl (C=O) groups excluding carboxylic acids is 1. The number of aryl methyl sites for hydroxylation is 1. The van der Waals surface area contributed by atoms with E-state index in [1.807, 2.05) is 43.4 Å². The van der Waals surface area contributed by atoms with E-state index in [1.54, 1.807) is 11.6 Å². The molecule has 3 aromatic rings. The van der Waals surface area contributed by atoms with Crippen molar-refractivity contribution < 1.29 is 9.53 Å². The molecule has 2 aromatic carbocycles. The van der Waals surface area contributed by atoms with Gasteiger partial charge >= 0.3 is 5.97 Å². The molecule has 0 aliphatic heterocycles. The summed E-state index contributed by atoms with van der Waals surface area (Å²) in [6.45, 7) is 2.14. The number of aromatic nitrogens is 2. The number of hydrogen-bond acceptors (Lipinski definition) is 3. The van der Waals surface area contributed by atoms with Crippen molar-refractivity contribution in [3.8, 4) is 0 Å². The van der Waals surface area contributed by atoms with Gasteiger partial charge in [-0.1, -0.05) is 30.3 Å². The molecular weight excluding hydrogens is 240 g/mol. The predicted octanol–water partition coefficient (Wildman–Crippen LogP) is 2.90. The zero-order valence-electron chi connectivity index (χ0n) is 10.9. The molecule has 96 valence electrons. The van der Waals surface area contributed by atoms with Crippen molar-refractivity contribution in [3.63, 3.8) is 0 Å². The van der Waals surface area contributed by atoms with Crippen LogP contribution in [0.3, 0.4) is 0 Å². The van der Waals surface area contributed by atoms with Crippen molar-refractivity contribution in [3.05, 3.63) is 42.1 Å². The number of benzene rings is 2. The molecule has 0 saturated carbocycles. The Hall–Kier alpha value is -2.36. The van der Waals surface area contributed by atoms with Crippen LogP contribution in [0.1, 0.15) is 17.4 Å². The van der Waals surface area contributed by atoms with Crippen LogP contribution in [-0.2, 0) is 11.8 Å². The van der Waals surface area contributed by atoms with Gasteiger partial charge in [-0.15, -0.1) is 0 Å². The van der Waals surface area contributed by atoms with E-state index >= 15 is 0 Å². The van der Waals surface area contributed by atoms with Gasteiger partial charge in [0.15, 0.2) is 5.69 Å². The molecule has 4 heteroatoms. The molecular formula is C15H14N2O2. The Bertz CT molecular complexity index is 774. The zero-order chi connectivity index (χ0) is 13.4. The topological polar surface area (TPSA) is 44.1 Å². The molecule has 4 nitrogen and oxygen atoms in total. The molecule has 0 N–H and O–H groups in total. The first kappa shape index (κ1) is 11.7. The standard InChI is InChI=1S/C15H14N2O2/c1-3-19-15(18)13-12-9-8-10-6-4-5-7-11(10)14(12)17(2)16-13/h4-9H,3H2,1-2H3. The minimum Gasteiger partial charge on any atom is -0.461 e. The van der Waals surface area contributed by atoms with Gasteiger partial charge in [-0.05, 0) is 18.4 Å². The van der Waals surface area contributed by atoms with Crippen molar-refractivity contribution in [2.75, 3.05) is 6.61 Å². The number of hydrogen-bond donors (Lipinski definition) is 0. The first-order valence-corrected chi connectivity index (χ1v) is 6.24. The summed E-state index contributed by atoms with van der Waals surface area (Å²) in [6.07, 6.45) is 0. The van der Waals surface area contributed by atoms with Crippen molar-refractivity contribution in [2.24, 2.45) is 7.05 Å². The Morgan fingerprint density at radius 2 is 2.00 bits per heavy atom. The van der Waals surface area contributed by atoms with Gasteiger partial charge in [0.1, 0.15) is 0 Å². The molecule has 0 fully saturated rings. The molecule has 0 aliphatic rings. The number of esters is 1. The number of fused-ring (bicyclic) bond motifs is 3. The minimum absolute atomic E-state index is 0.352. The second-order valence-corrected chi connectivity index (χ2v) is 4.38. The fraction of sp³-hybridized carbons (Fsp3) is 0.200. The van der Waals surface area contributed by atoms with Crippen LogP contribution in [0.15, 0.2) is 36.4 Å². The fourth-order valence-electron chi connectivity index (χ4n) is 2.40. The predicted molar refractivity (Wildman–Crippen MR) is 74.2 cm³/mol. The monoisotopic (exact) mass is 254 g/mol. The largest absolute Gasteiger partial charge is 0.461 e. The summed E-state index contributed by atoms with van der Waals surface area (Å²) in [5, 5.41) is 7.35. The van der Waals surface area contributed by atoms with Gasteiger partial charge in [-0.25, -0.2) is 4.79 Å². The first-order chi connectivity index (χ1) is 9.22. The molecule has 0 radical (unpaired) electrons. The molecule has 0 unspecified atom stereocenters. The third-order valence-electron chi connectivity index (χ3n) is 3.20. The molecule has 0 atom stereocenters. The van der Waals surface area contributed by atoms with E-state index in [9.17, 15) is 4.79 Å². The second-order valence-electron chi connectivity index (χ2n) is 4.38. The van der Waals surface area contributed by atoms with Gasteiger partial charge in [-0.3, -0.25) is 4.68 Å². The second kappa shape index (κ2) is 4.39. The lowest BCUT2D eigenvalue weighted by Crippen LogP contribution is -2.06. The average molecular weight is 254 g/mol. The Morgan fingerprint density at radius 3 is 2.79 bits per heavy atom. The highest BCUT2D eigenvalue weighted by molar-refractivity contribution is 6.12. The van der Waals surface area contributed by atoms with Crippen LogP contribution in [-0.4, -0.2) is 22.4 Å². The number of ether oxygens (including phenoxy) is 1. The smallest absolute Gasteiger partial charge is 0.359 e. The maximum atomic E-state index is 11.9. The fourth-order valence-corrected chi connectivity index (χ4v) is 2.40. The summed E-state index contributed by atoms with van der Waals surface area (Å²) < 4.78 is 6.79. The van der Waals surface area contributed by atoms with Crippen LogP contribution in [0.4, 0.5) is 0 Å². The van der Waals surface area contributed by atoms with Gasteiger partial charge < -0.3 is 4.74 Å². The molecule has 19 heavy (non-hydrogen) atoms. The van der Waals surface area contributed by atoms with E-state index in [4.69, 9.17) is 4.74 Å². The Kier molecular flexibility index (Phi) is 2.71. The highest BCUT2D eigenvalue weighted by Gasteiger charge is 2.18. The van der Waals surface area contributed by atoms with Crippen LogP contribution >= 0.6 is 0 Å². The van der Waals surface area contributed by atoms with Crippen LogP contribution < -0.4 is 0 Å². The van der Waals surface area contributed by atoms with E-state index in [1.165, 1.54) is 0 Å². The lowest BCUT2D eigenvalue weighted by Gasteiger charge is -2.01. The molecule has 0 bridgehead atoms. The quantitative estimate of drug-likeness (QED) is 0.660.